The Morgan fingerprint density at radius 3 is 2.14 bits per heavy atom. The van der Waals surface area contributed by atoms with Crippen molar-refractivity contribution in [2.24, 2.45) is 0 Å². The molecule has 1 heterocycles. The largest absolute Gasteiger partial charge is 0.573 e. The lowest BCUT2D eigenvalue weighted by Gasteiger charge is -2.09. The van der Waals surface area contributed by atoms with Gasteiger partial charge < -0.3 is 4.74 Å². The summed E-state index contributed by atoms with van der Waals surface area (Å²) in [5.41, 5.74) is 0.383. The second kappa shape index (κ2) is 5.68. The third kappa shape index (κ3) is 4.42. The van der Waals surface area contributed by atoms with Gasteiger partial charge in [-0.3, -0.25) is 0 Å². The molecule has 0 aliphatic rings. The van der Waals surface area contributed by atoms with Crippen molar-refractivity contribution in [1.82, 2.24) is 9.97 Å². The van der Waals surface area contributed by atoms with Gasteiger partial charge in [0.1, 0.15) is 12.1 Å². The Labute approximate surface area is 118 Å². The minimum Gasteiger partial charge on any atom is -0.406 e. The lowest BCUT2D eigenvalue weighted by atomic mass is 10.3. The van der Waals surface area contributed by atoms with Gasteiger partial charge in [0.05, 0.1) is 10.6 Å². The van der Waals surface area contributed by atoms with Crippen LogP contribution in [-0.2, 0) is 15.6 Å². The van der Waals surface area contributed by atoms with Crippen LogP contribution in [-0.4, -0.2) is 24.7 Å². The Morgan fingerprint density at radius 1 is 1.05 bits per heavy atom. The van der Waals surface area contributed by atoms with Gasteiger partial charge in [-0.05, 0) is 24.3 Å². The van der Waals surface area contributed by atoms with Gasteiger partial charge in [-0.25, -0.2) is 18.4 Å². The van der Waals surface area contributed by atoms with Crippen LogP contribution in [0.4, 0.5) is 13.2 Å². The number of alkyl halides is 3. The van der Waals surface area contributed by atoms with Crippen LogP contribution < -0.4 is 4.74 Å². The molecule has 0 spiro atoms. The number of nitrogens with zero attached hydrogens (tertiary/aromatic N) is 2. The Hall–Kier alpha value is -2.16. The SMILES string of the molecule is O=S(=O)(Cc1cncnc1)c1ccc(OC(F)(F)F)cc1. The first-order valence-electron chi connectivity index (χ1n) is 5.59. The van der Waals surface area contributed by atoms with Crippen molar-refractivity contribution in [3.63, 3.8) is 0 Å². The number of hydrogen-bond acceptors (Lipinski definition) is 5. The van der Waals surface area contributed by atoms with E-state index in [9.17, 15) is 21.6 Å². The average molecular weight is 318 g/mol. The average Bonchev–Trinajstić information content (AvgIpc) is 2.38. The summed E-state index contributed by atoms with van der Waals surface area (Å²) in [4.78, 5) is 7.28. The summed E-state index contributed by atoms with van der Waals surface area (Å²) in [6.07, 6.45) is -0.849. The zero-order chi connectivity index (χ0) is 15.5. The van der Waals surface area contributed by atoms with E-state index in [-0.39, 0.29) is 10.6 Å². The molecule has 0 saturated carbocycles. The van der Waals surface area contributed by atoms with Gasteiger partial charge in [0.25, 0.3) is 0 Å². The Bertz CT molecular complexity index is 701. The Balaban J connectivity index is 2.18. The highest BCUT2D eigenvalue weighted by Gasteiger charge is 2.31. The lowest BCUT2D eigenvalue weighted by Crippen LogP contribution is -2.17. The van der Waals surface area contributed by atoms with Crippen LogP contribution in [0.3, 0.4) is 0 Å². The molecule has 1 aromatic heterocycles. The van der Waals surface area contributed by atoms with Crippen LogP contribution in [0, 0.1) is 0 Å². The van der Waals surface area contributed by atoms with Crippen molar-refractivity contribution in [3.05, 3.63) is 48.5 Å². The third-order valence-electron chi connectivity index (χ3n) is 2.39. The van der Waals surface area contributed by atoms with Crippen molar-refractivity contribution in [2.75, 3.05) is 0 Å². The summed E-state index contributed by atoms with van der Waals surface area (Å²) in [7, 11) is -3.69. The van der Waals surface area contributed by atoms with E-state index in [1.54, 1.807) is 0 Å². The molecule has 0 bridgehead atoms. The standard InChI is InChI=1S/C12H9F3N2O3S/c13-12(14,15)20-10-1-3-11(4-2-10)21(18,19)7-9-5-16-8-17-6-9/h1-6,8H,7H2. The minimum absolute atomic E-state index is 0.110. The first kappa shape index (κ1) is 15.2. The van der Waals surface area contributed by atoms with Gasteiger partial charge in [0.2, 0.25) is 0 Å². The van der Waals surface area contributed by atoms with Gasteiger partial charge in [0.15, 0.2) is 9.84 Å². The summed E-state index contributed by atoms with van der Waals surface area (Å²) in [5, 5.41) is 0. The summed E-state index contributed by atoms with van der Waals surface area (Å²) >= 11 is 0. The highest BCUT2D eigenvalue weighted by Crippen LogP contribution is 2.24. The van der Waals surface area contributed by atoms with E-state index in [1.807, 2.05) is 0 Å². The monoisotopic (exact) mass is 318 g/mol. The van der Waals surface area contributed by atoms with E-state index in [0.29, 0.717) is 5.56 Å². The van der Waals surface area contributed by atoms with Crippen molar-refractivity contribution < 1.29 is 26.3 Å². The quantitative estimate of drug-likeness (QED) is 0.865. The van der Waals surface area contributed by atoms with Crippen LogP contribution in [0.5, 0.6) is 5.75 Å². The Morgan fingerprint density at radius 2 is 1.62 bits per heavy atom. The highest BCUT2D eigenvalue weighted by atomic mass is 32.2. The molecular weight excluding hydrogens is 309 g/mol. The number of benzene rings is 1. The van der Waals surface area contributed by atoms with Gasteiger partial charge in [0, 0.05) is 18.0 Å². The fourth-order valence-corrected chi connectivity index (χ4v) is 2.86. The number of rotatable bonds is 4. The van der Waals surface area contributed by atoms with E-state index < -0.39 is 21.9 Å². The maximum Gasteiger partial charge on any atom is 0.573 e. The molecule has 112 valence electrons. The second-order valence-electron chi connectivity index (χ2n) is 4.03. The topological polar surface area (TPSA) is 69.2 Å². The third-order valence-corrected chi connectivity index (χ3v) is 4.09. The first-order chi connectivity index (χ1) is 9.76. The smallest absolute Gasteiger partial charge is 0.406 e. The van der Waals surface area contributed by atoms with Crippen LogP contribution in [0.2, 0.25) is 0 Å². The Kier molecular flexibility index (Phi) is 4.12. The van der Waals surface area contributed by atoms with E-state index in [0.717, 1.165) is 24.3 Å². The van der Waals surface area contributed by atoms with Crippen LogP contribution in [0.1, 0.15) is 5.56 Å². The minimum atomic E-state index is -4.82. The summed E-state index contributed by atoms with van der Waals surface area (Å²) < 4.78 is 63.9. The molecule has 5 nitrogen and oxygen atoms in total. The summed E-state index contributed by atoms with van der Waals surface area (Å²) in [5.74, 6) is -0.822. The van der Waals surface area contributed by atoms with Gasteiger partial charge in [-0.2, -0.15) is 0 Å². The lowest BCUT2D eigenvalue weighted by molar-refractivity contribution is -0.274. The molecule has 0 aliphatic carbocycles. The maximum absolute atomic E-state index is 12.1. The predicted octanol–water partition coefficient (Wildman–Crippen LogP) is 2.35. The molecule has 2 aromatic rings. The number of sulfone groups is 1. The number of aromatic nitrogens is 2. The molecule has 0 radical (unpaired) electrons. The van der Waals surface area contributed by atoms with Crippen molar-refractivity contribution >= 4 is 9.84 Å². The first-order valence-corrected chi connectivity index (χ1v) is 7.24. The molecule has 21 heavy (non-hydrogen) atoms. The molecule has 0 amide bonds. The highest BCUT2D eigenvalue weighted by molar-refractivity contribution is 7.90. The van der Waals surface area contributed by atoms with E-state index in [1.165, 1.54) is 18.7 Å². The predicted molar refractivity (Wildman–Crippen MR) is 66.0 cm³/mol. The molecule has 9 heteroatoms. The molecule has 0 fully saturated rings. The van der Waals surface area contributed by atoms with Gasteiger partial charge >= 0.3 is 6.36 Å². The van der Waals surface area contributed by atoms with Crippen LogP contribution in [0.25, 0.3) is 0 Å². The van der Waals surface area contributed by atoms with E-state index in [2.05, 4.69) is 14.7 Å². The van der Waals surface area contributed by atoms with Crippen molar-refractivity contribution in [1.29, 1.82) is 0 Å². The fourth-order valence-electron chi connectivity index (χ4n) is 1.56. The molecule has 0 unspecified atom stereocenters. The second-order valence-corrected chi connectivity index (χ2v) is 6.01. The van der Waals surface area contributed by atoms with Gasteiger partial charge in [-0.1, -0.05) is 0 Å². The number of halogens is 3. The molecular formula is C12H9F3N2O3S. The molecule has 1 aromatic carbocycles. The zero-order valence-corrected chi connectivity index (χ0v) is 11.2. The molecule has 2 rings (SSSR count). The van der Waals surface area contributed by atoms with E-state index in [4.69, 9.17) is 0 Å². The van der Waals surface area contributed by atoms with Crippen molar-refractivity contribution in [3.8, 4) is 5.75 Å². The van der Waals surface area contributed by atoms with Crippen LogP contribution >= 0.6 is 0 Å². The summed E-state index contributed by atoms with van der Waals surface area (Å²) in [6, 6.07) is 4.00. The molecule has 0 N–H and O–H groups in total. The summed E-state index contributed by atoms with van der Waals surface area (Å²) in [6.45, 7) is 0. The maximum atomic E-state index is 12.1. The van der Waals surface area contributed by atoms with Gasteiger partial charge in [-0.15, -0.1) is 13.2 Å². The van der Waals surface area contributed by atoms with Crippen molar-refractivity contribution in [2.45, 2.75) is 17.0 Å². The molecule has 0 saturated heterocycles. The molecule has 0 aliphatic heterocycles. The number of hydrogen-bond donors (Lipinski definition) is 0. The fraction of sp³-hybridized carbons (Fsp3) is 0.167. The molecule has 0 atom stereocenters. The number of ether oxygens (including phenoxy) is 1. The normalized spacial score (nSPS) is 12.1. The zero-order valence-electron chi connectivity index (χ0n) is 10.4. The van der Waals surface area contributed by atoms with E-state index >= 15 is 0 Å². The van der Waals surface area contributed by atoms with Crippen LogP contribution in [0.15, 0.2) is 47.9 Å².